The topological polar surface area (TPSA) is 60.2 Å². The molecule has 7 heteroatoms. The number of ether oxygens (including phenoxy) is 1. The number of alkyl halides is 3. The highest BCUT2D eigenvalue weighted by molar-refractivity contribution is 5.53. The van der Waals surface area contributed by atoms with Crippen LogP contribution in [0.15, 0.2) is 42.6 Å². The largest absolute Gasteiger partial charge is 0.490 e. The van der Waals surface area contributed by atoms with Gasteiger partial charge in [-0.1, -0.05) is 30.3 Å². The van der Waals surface area contributed by atoms with Crippen molar-refractivity contribution in [2.24, 2.45) is 5.84 Å². The number of hydrazine groups is 1. The van der Waals surface area contributed by atoms with E-state index in [1.54, 1.807) is 0 Å². The van der Waals surface area contributed by atoms with E-state index < -0.39 is 17.6 Å². The van der Waals surface area contributed by atoms with E-state index in [2.05, 4.69) is 4.98 Å². The van der Waals surface area contributed by atoms with Gasteiger partial charge in [-0.3, -0.25) is 0 Å². The first-order chi connectivity index (χ1) is 11.0. The van der Waals surface area contributed by atoms with Gasteiger partial charge in [0.15, 0.2) is 5.82 Å². The second-order valence-electron chi connectivity index (χ2n) is 5.49. The lowest BCUT2D eigenvalue weighted by Crippen LogP contribution is -2.33. The fraction of sp³-hybridized carbons (Fsp3) is 0.312. The Morgan fingerprint density at radius 2 is 1.83 bits per heavy atom. The van der Waals surface area contributed by atoms with E-state index in [4.69, 9.17) is 10.6 Å². The van der Waals surface area contributed by atoms with Crippen molar-refractivity contribution in [3.63, 3.8) is 0 Å². The molecule has 1 aliphatic rings. The monoisotopic (exact) mass is 323 g/mol. The molecule has 0 bridgehead atoms. The molecule has 0 saturated heterocycles. The van der Waals surface area contributed by atoms with E-state index in [9.17, 15) is 13.2 Å². The summed E-state index contributed by atoms with van der Waals surface area (Å²) in [7, 11) is 0. The Labute approximate surface area is 131 Å². The zero-order valence-corrected chi connectivity index (χ0v) is 12.2. The normalized spacial score (nSPS) is 20.7. The number of halogens is 3. The van der Waals surface area contributed by atoms with Gasteiger partial charge in [-0.05, 0) is 30.4 Å². The molecule has 0 radical (unpaired) electrons. The fourth-order valence-corrected chi connectivity index (χ4v) is 2.76. The summed E-state index contributed by atoms with van der Waals surface area (Å²) in [5.74, 6) is 4.77. The molecule has 0 unspecified atom stereocenters. The molecule has 3 N–H and O–H groups in total. The first-order valence-electron chi connectivity index (χ1n) is 7.23. The Balaban J connectivity index is 1.73. The molecule has 2 aromatic rings. The summed E-state index contributed by atoms with van der Waals surface area (Å²) in [6, 6.07) is 11.1. The van der Waals surface area contributed by atoms with Crippen LogP contribution in [0, 0.1) is 0 Å². The fourth-order valence-electron chi connectivity index (χ4n) is 2.76. The van der Waals surface area contributed by atoms with E-state index in [1.807, 2.05) is 35.8 Å². The SMILES string of the molecule is NNc1nccc(O[C@H]2C[C@H](c3ccccc3)C2)c1C(F)(F)F. The van der Waals surface area contributed by atoms with Crippen molar-refractivity contribution in [1.29, 1.82) is 0 Å². The second-order valence-corrected chi connectivity index (χ2v) is 5.49. The van der Waals surface area contributed by atoms with Gasteiger partial charge < -0.3 is 10.2 Å². The molecule has 1 fully saturated rings. The lowest BCUT2D eigenvalue weighted by molar-refractivity contribution is -0.139. The summed E-state index contributed by atoms with van der Waals surface area (Å²) in [5, 5.41) is 0. The van der Waals surface area contributed by atoms with Gasteiger partial charge in [0.05, 0.1) is 6.10 Å². The van der Waals surface area contributed by atoms with E-state index in [0.29, 0.717) is 18.8 Å². The van der Waals surface area contributed by atoms with Crippen LogP contribution in [-0.2, 0) is 6.18 Å². The minimum atomic E-state index is -4.59. The number of hydrogen-bond donors (Lipinski definition) is 2. The maximum atomic E-state index is 13.2. The van der Waals surface area contributed by atoms with Crippen LogP contribution in [0.2, 0.25) is 0 Å². The molecule has 1 aliphatic carbocycles. The number of nitrogen functional groups attached to an aromatic ring is 1. The Bertz CT molecular complexity index is 670. The van der Waals surface area contributed by atoms with E-state index >= 15 is 0 Å². The molecule has 4 nitrogen and oxygen atoms in total. The Morgan fingerprint density at radius 1 is 1.13 bits per heavy atom. The van der Waals surface area contributed by atoms with Crippen molar-refractivity contribution < 1.29 is 17.9 Å². The highest BCUT2D eigenvalue weighted by atomic mass is 19.4. The van der Waals surface area contributed by atoms with Crippen LogP contribution in [-0.4, -0.2) is 11.1 Å². The molecule has 3 rings (SSSR count). The van der Waals surface area contributed by atoms with Gasteiger partial charge in [-0.15, -0.1) is 0 Å². The zero-order chi connectivity index (χ0) is 16.4. The number of pyridine rings is 1. The van der Waals surface area contributed by atoms with Crippen LogP contribution < -0.4 is 16.0 Å². The number of rotatable bonds is 4. The second kappa shape index (κ2) is 6.08. The summed E-state index contributed by atoms with van der Waals surface area (Å²) in [6.07, 6.45) is -2.21. The van der Waals surface area contributed by atoms with Crippen molar-refractivity contribution in [2.45, 2.75) is 31.0 Å². The summed E-state index contributed by atoms with van der Waals surface area (Å²) < 4.78 is 45.1. The van der Waals surface area contributed by atoms with Crippen LogP contribution in [0.4, 0.5) is 19.0 Å². The number of nitrogens with zero attached hydrogens (tertiary/aromatic N) is 1. The van der Waals surface area contributed by atoms with Crippen LogP contribution in [0.5, 0.6) is 5.75 Å². The van der Waals surface area contributed by atoms with Crippen molar-refractivity contribution in [1.82, 2.24) is 4.98 Å². The lowest BCUT2D eigenvalue weighted by atomic mass is 9.77. The molecule has 1 aromatic carbocycles. The molecule has 1 saturated carbocycles. The molecule has 0 aliphatic heterocycles. The van der Waals surface area contributed by atoms with Gasteiger partial charge in [-0.25, -0.2) is 10.8 Å². The molecule has 0 atom stereocenters. The number of anilines is 1. The first kappa shape index (κ1) is 15.6. The quantitative estimate of drug-likeness (QED) is 0.665. The van der Waals surface area contributed by atoms with Crippen molar-refractivity contribution in [3.05, 3.63) is 53.7 Å². The van der Waals surface area contributed by atoms with Gasteiger partial charge in [0, 0.05) is 6.20 Å². The number of benzene rings is 1. The van der Waals surface area contributed by atoms with Crippen LogP contribution >= 0.6 is 0 Å². The summed E-state index contributed by atoms with van der Waals surface area (Å²) >= 11 is 0. The molecule has 1 heterocycles. The number of nitrogens with two attached hydrogens (primary N) is 1. The average molecular weight is 323 g/mol. The Hall–Kier alpha value is -2.28. The van der Waals surface area contributed by atoms with Crippen molar-refractivity contribution >= 4 is 5.82 Å². The molecular weight excluding hydrogens is 307 g/mol. The summed E-state index contributed by atoms with van der Waals surface area (Å²) in [4.78, 5) is 3.60. The molecule has 0 amide bonds. The third-order valence-electron chi connectivity index (χ3n) is 3.99. The smallest absolute Gasteiger partial charge is 0.423 e. The molecule has 0 spiro atoms. The first-order valence-corrected chi connectivity index (χ1v) is 7.23. The van der Waals surface area contributed by atoms with E-state index in [1.165, 1.54) is 17.8 Å². The van der Waals surface area contributed by atoms with Gasteiger partial charge in [0.1, 0.15) is 11.3 Å². The summed E-state index contributed by atoms with van der Waals surface area (Å²) in [5.41, 5.74) is 2.19. The van der Waals surface area contributed by atoms with E-state index in [-0.39, 0.29) is 11.9 Å². The standard InChI is InChI=1S/C16H16F3N3O/c17-16(18,19)14-13(6-7-21-15(14)22-20)23-12-8-11(9-12)10-4-2-1-3-5-10/h1-7,11-12H,8-9,20H2,(H,21,22)/t11-,12-. The van der Waals surface area contributed by atoms with Gasteiger partial charge in [-0.2, -0.15) is 13.2 Å². The maximum absolute atomic E-state index is 13.2. The molecule has 23 heavy (non-hydrogen) atoms. The number of hydrogen-bond acceptors (Lipinski definition) is 4. The van der Waals surface area contributed by atoms with Crippen molar-refractivity contribution in [3.8, 4) is 5.75 Å². The molecule has 122 valence electrons. The Morgan fingerprint density at radius 3 is 2.43 bits per heavy atom. The Kier molecular flexibility index (Phi) is 4.12. The number of nitrogens with one attached hydrogen (secondary N) is 1. The van der Waals surface area contributed by atoms with Gasteiger partial charge in [0.2, 0.25) is 0 Å². The maximum Gasteiger partial charge on any atom is 0.423 e. The summed E-state index contributed by atoms with van der Waals surface area (Å²) in [6.45, 7) is 0. The van der Waals surface area contributed by atoms with Gasteiger partial charge in [0.25, 0.3) is 0 Å². The van der Waals surface area contributed by atoms with Crippen LogP contribution in [0.3, 0.4) is 0 Å². The highest BCUT2D eigenvalue weighted by Crippen LogP contribution is 2.44. The van der Waals surface area contributed by atoms with E-state index in [0.717, 1.165) is 0 Å². The average Bonchev–Trinajstić information content (AvgIpc) is 2.49. The van der Waals surface area contributed by atoms with Crippen LogP contribution in [0.1, 0.15) is 29.9 Å². The third kappa shape index (κ3) is 3.24. The minimum absolute atomic E-state index is 0.239. The highest BCUT2D eigenvalue weighted by Gasteiger charge is 2.40. The van der Waals surface area contributed by atoms with Gasteiger partial charge >= 0.3 is 6.18 Å². The predicted molar refractivity (Wildman–Crippen MR) is 79.9 cm³/mol. The van der Waals surface area contributed by atoms with Crippen LogP contribution in [0.25, 0.3) is 0 Å². The predicted octanol–water partition coefficient (Wildman–Crippen LogP) is 3.71. The third-order valence-corrected chi connectivity index (χ3v) is 3.99. The molecular formula is C16H16F3N3O. The number of aromatic nitrogens is 1. The lowest BCUT2D eigenvalue weighted by Gasteiger charge is -2.36. The van der Waals surface area contributed by atoms with Crippen molar-refractivity contribution in [2.75, 3.05) is 5.43 Å². The zero-order valence-electron chi connectivity index (χ0n) is 12.2. The molecule has 1 aromatic heterocycles. The minimum Gasteiger partial charge on any atom is -0.490 e.